The van der Waals surface area contributed by atoms with Gasteiger partial charge in [-0.25, -0.2) is 4.98 Å². The number of thiophene rings is 1. The highest BCUT2D eigenvalue weighted by molar-refractivity contribution is 7.13. The summed E-state index contributed by atoms with van der Waals surface area (Å²) in [4.78, 5) is 5.83. The Balaban J connectivity index is 2.23. The van der Waals surface area contributed by atoms with Crippen LogP contribution in [-0.4, -0.2) is 11.5 Å². The van der Waals surface area contributed by atoms with Crippen molar-refractivity contribution in [3.8, 4) is 10.4 Å². The lowest BCUT2D eigenvalue weighted by Crippen LogP contribution is -2.01. The van der Waals surface area contributed by atoms with Gasteiger partial charge in [0.1, 0.15) is 5.82 Å². The molecule has 1 aromatic carbocycles. The summed E-state index contributed by atoms with van der Waals surface area (Å²) in [5.41, 5.74) is 2.46. The minimum Gasteiger partial charge on any atom is -0.366 e. The van der Waals surface area contributed by atoms with Crippen LogP contribution in [0.2, 0.25) is 0 Å². The summed E-state index contributed by atoms with van der Waals surface area (Å²) in [7, 11) is 0. The van der Waals surface area contributed by atoms with Crippen molar-refractivity contribution in [1.29, 1.82) is 0 Å². The van der Waals surface area contributed by atoms with Crippen LogP contribution in [0.15, 0.2) is 54.6 Å². The predicted molar refractivity (Wildman–Crippen MR) is 88.5 cm³/mol. The molecule has 2 nitrogen and oxygen atoms in total. The Bertz CT molecular complexity index is 745. The van der Waals surface area contributed by atoms with Gasteiger partial charge in [0.05, 0.1) is 0 Å². The molecule has 0 spiro atoms. The molecule has 0 aliphatic carbocycles. The third-order valence-electron chi connectivity index (χ3n) is 3.24. The summed E-state index contributed by atoms with van der Waals surface area (Å²) < 4.78 is 0. The SMILES string of the molecule is C=CCNc1ncc(-c2cccs2)c2cc(C)ccc12. The topological polar surface area (TPSA) is 24.9 Å². The van der Waals surface area contributed by atoms with Crippen molar-refractivity contribution in [2.24, 2.45) is 0 Å². The molecule has 3 heteroatoms. The number of benzene rings is 1. The number of aryl methyl sites for hydroxylation is 1. The van der Waals surface area contributed by atoms with Crippen molar-refractivity contribution in [3.05, 3.63) is 60.1 Å². The minimum absolute atomic E-state index is 0.717. The average Bonchev–Trinajstić information content (AvgIpc) is 2.98. The molecule has 1 N–H and O–H groups in total. The van der Waals surface area contributed by atoms with Crippen LogP contribution >= 0.6 is 11.3 Å². The van der Waals surface area contributed by atoms with Gasteiger partial charge in [0, 0.05) is 28.6 Å². The zero-order valence-electron chi connectivity index (χ0n) is 11.4. The first-order valence-electron chi connectivity index (χ1n) is 6.57. The second-order valence-electron chi connectivity index (χ2n) is 4.72. The molecule has 0 aliphatic rings. The number of rotatable bonds is 4. The van der Waals surface area contributed by atoms with Gasteiger partial charge in [-0.2, -0.15) is 0 Å². The van der Waals surface area contributed by atoms with Crippen LogP contribution in [0.5, 0.6) is 0 Å². The third kappa shape index (κ3) is 2.32. The van der Waals surface area contributed by atoms with E-state index in [0.717, 1.165) is 11.2 Å². The lowest BCUT2D eigenvalue weighted by molar-refractivity contribution is 1.25. The Morgan fingerprint density at radius 2 is 2.20 bits per heavy atom. The number of hydrogen-bond acceptors (Lipinski definition) is 3. The van der Waals surface area contributed by atoms with Gasteiger partial charge in [-0.15, -0.1) is 17.9 Å². The zero-order valence-corrected chi connectivity index (χ0v) is 12.2. The summed E-state index contributed by atoms with van der Waals surface area (Å²) >= 11 is 1.74. The summed E-state index contributed by atoms with van der Waals surface area (Å²) in [5.74, 6) is 0.917. The van der Waals surface area contributed by atoms with Gasteiger partial charge >= 0.3 is 0 Å². The van der Waals surface area contributed by atoms with E-state index in [1.54, 1.807) is 11.3 Å². The van der Waals surface area contributed by atoms with Gasteiger partial charge in [0.25, 0.3) is 0 Å². The summed E-state index contributed by atoms with van der Waals surface area (Å²) in [6.45, 7) is 6.58. The van der Waals surface area contributed by atoms with E-state index in [4.69, 9.17) is 0 Å². The Labute approximate surface area is 122 Å². The number of aromatic nitrogens is 1. The first kappa shape index (κ1) is 12.9. The molecular weight excluding hydrogens is 264 g/mol. The van der Waals surface area contributed by atoms with Crippen LogP contribution in [0.25, 0.3) is 21.2 Å². The maximum Gasteiger partial charge on any atom is 0.134 e. The van der Waals surface area contributed by atoms with E-state index in [1.165, 1.54) is 21.4 Å². The lowest BCUT2D eigenvalue weighted by Gasteiger charge is -2.11. The fourth-order valence-electron chi connectivity index (χ4n) is 2.29. The highest BCUT2D eigenvalue weighted by atomic mass is 32.1. The summed E-state index contributed by atoms with van der Waals surface area (Å²) in [6.07, 6.45) is 3.80. The van der Waals surface area contributed by atoms with Crippen LogP contribution in [-0.2, 0) is 0 Å². The van der Waals surface area contributed by atoms with Crippen LogP contribution < -0.4 is 5.32 Å². The fraction of sp³-hybridized carbons (Fsp3) is 0.118. The van der Waals surface area contributed by atoms with Crippen LogP contribution in [0.3, 0.4) is 0 Å². The summed E-state index contributed by atoms with van der Waals surface area (Å²) in [6, 6.07) is 10.7. The van der Waals surface area contributed by atoms with Gasteiger partial charge in [0.15, 0.2) is 0 Å². The second kappa shape index (κ2) is 5.47. The van der Waals surface area contributed by atoms with E-state index in [-0.39, 0.29) is 0 Å². The van der Waals surface area contributed by atoms with Gasteiger partial charge in [-0.05, 0) is 23.8 Å². The van der Waals surface area contributed by atoms with E-state index in [2.05, 4.69) is 59.5 Å². The minimum atomic E-state index is 0.717. The molecule has 0 aliphatic heterocycles. The van der Waals surface area contributed by atoms with Crippen molar-refractivity contribution in [2.75, 3.05) is 11.9 Å². The molecule has 100 valence electrons. The Kier molecular flexibility index (Phi) is 3.52. The third-order valence-corrected chi connectivity index (χ3v) is 4.15. The van der Waals surface area contributed by atoms with Crippen LogP contribution in [0, 0.1) is 6.92 Å². The van der Waals surface area contributed by atoms with E-state index < -0.39 is 0 Å². The molecule has 0 amide bonds. The average molecular weight is 280 g/mol. The number of hydrogen-bond donors (Lipinski definition) is 1. The van der Waals surface area contributed by atoms with Crippen LogP contribution in [0.4, 0.5) is 5.82 Å². The van der Waals surface area contributed by atoms with Gasteiger partial charge in [0.2, 0.25) is 0 Å². The van der Waals surface area contributed by atoms with Gasteiger partial charge in [-0.1, -0.05) is 35.9 Å². The standard InChI is InChI=1S/C17H16N2S/c1-3-8-18-17-13-7-6-12(2)10-14(13)15(11-19-17)16-5-4-9-20-16/h3-7,9-11H,1,8H2,2H3,(H,18,19). The molecule has 0 fully saturated rings. The van der Waals surface area contributed by atoms with E-state index in [9.17, 15) is 0 Å². The Hall–Kier alpha value is -2.13. The molecule has 0 atom stereocenters. The normalized spacial score (nSPS) is 10.7. The highest BCUT2D eigenvalue weighted by Gasteiger charge is 2.09. The molecule has 0 saturated carbocycles. The van der Waals surface area contributed by atoms with Crippen molar-refractivity contribution in [2.45, 2.75) is 6.92 Å². The number of nitrogens with one attached hydrogen (secondary N) is 1. The van der Waals surface area contributed by atoms with Crippen molar-refractivity contribution in [1.82, 2.24) is 4.98 Å². The fourth-order valence-corrected chi connectivity index (χ4v) is 3.04. The molecule has 0 bridgehead atoms. The number of nitrogens with zero attached hydrogens (tertiary/aromatic N) is 1. The Morgan fingerprint density at radius 3 is 2.95 bits per heavy atom. The quantitative estimate of drug-likeness (QED) is 0.690. The molecule has 2 aromatic heterocycles. The summed E-state index contributed by atoms with van der Waals surface area (Å²) in [5, 5.41) is 7.80. The molecule has 0 radical (unpaired) electrons. The first-order valence-corrected chi connectivity index (χ1v) is 7.45. The maximum atomic E-state index is 4.58. The molecule has 2 heterocycles. The number of anilines is 1. The van der Waals surface area contributed by atoms with Crippen molar-refractivity contribution >= 4 is 27.9 Å². The smallest absolute Gasteiger partial charge is 0.134 e. The zero-order chi connectivity index (χ0) is 13.9. The molecule has 0 unspecified atom stereocenters. The maximum absolute atomic E-state index is 4.58. The molecule has 3 rings (SSSR count). The molecular formula is C17H16N2S. The Morgan fingerprint density at radius 1 is 1.30 bits per heavy atom. The predicted octanol–water partition coefficient (Wildman–Crippen LogP) is 4.87. The van der Waals surface area contributed by atoms with Crippen molar-refractivity contribution in [3.63, 3.8) is 0 Å². The van der Waals surface area contributed by atoms with Gasteiger partial charge in [-0.3, -0.25) is 0 Å². The highest BCUT2D eigenvalue weighted by Crippen LogP contribution is 2.34. The molecule has 20 heavy (non-hydrogen) atoms. The van der Waals surface area contributed by atoms with Gasteiger partial charge < -0.3 is 5.32 Å². The van der Waals surface area contributed by atoms with E-state index in [1.807, 2.05) is 12.3 Å². The monoisotopic (exact) mass is 280 g/mol. The first-order chi connectivity index (χ1) is 9.79. The van der Waals surface area contributed by atoms with E-state index in [0.29, 0.717) is 6.54 Å². The largest absolute Gasteiger partial charge is 0.366 e. The number of pyridine rings is 1. The number of fused-ring (bicyclic) bond motifs is 1. The lowest BCUT2D eigenvalue weighted by atomic mass is 10.0. The van der Waals surface area contributed by atoms with Crippen LogP contribution in [0.1, 0.15) is 5.56 Å². The van der Waals surface area contributed by atoms with E-state index >= 15 is 0 Å². The second-order valence-corrected chi connectivity index (χ2v) is 5.66. The molecule has 3 aromatic rings. The molecule has 0 saturated heterocycles. The van der Waals surface area contributed by atoms with Crippen molar-refractivity contribution < 1.29 is 0 Å².